The second-order valence-electron chi connectivity index (χ2n) is 8.56. The molecule has 2 aromatic heterocycles. The van der Waals surface area contributed by atoms with Crippen molar-refractivity contribution in [1.29, 1.82) is 0 Å². The van der Waals surface area contributed by atoms with E-state index in [1.54, 1.807) is 20.5 Å². The Hall–Kier alpha value is -3.98. The molecule has 184 valence electrons. The van der Waals surface area contributed by atoms with E-state index in [1.165, 1.54) is 11.1 Å². The molecule has 0 spiro atoms. The number of rotatable bonds is 6. The number of ether oxygens (including phenoxy) is 2. The van der Waals surface area contributed by atoms with Crippen LogP contribution in [0.15, 0.2) is 67.3 Å². The van der Waals surface area contributed by atoms with Gasteiger partial charge < -0.3 is 24.6 Å². The first kappa shape index (κ1) is 23.7. The predicted octanol–water partition coefficient (Wildman–Crippen LogP) is 4.15. The van der Waals surface area contributed by atoms with Crippen LogP contribution >= 0.6 is 12.2 Å². The van der Waals surface area contributed by atoms with Crippen molar-refractivity contribution < 1.29 is 9.47 Å². The van der Waals surface area contributed by atoms with Crippen LogP contribution in [-0.2, 0) is 6.42 Å². The van der Waals surface area contributed by atoms with E-state index >= 15 is 0 Å². The third-order valence-electron chi connectivity index (χ3n) is 6.35. The van der Waals surface area contributed by atoms with Gasteiger partial charge in [0.1, 0.15) is 12.1 Å². The fourth-order valence-corrected chi connectivity index (χ4v) is 4.69. The maximum atomic E-state index is 5.72. The maximum Gasteiger partial charge on any atom is 0.173 e. The molecular weight excluding hydrogens is 472 g/mol. The molecule has 2 aromatic carbocycles. The highest BCUT2D eigenvalue weighted by atomic mass is 32.1. The number of hydrogen-bond acceptors (Lipinski definition) is 7. The number of anilines is 2. The number of hydrogen-bond donors (Lipinski definition) is 1. The molecule has 9 heteroatoms. The molecule has 1 aliphatic rings. The van der Waals surface area contributed by atoms with Crippen molar-refractivity contribution in [2.24, 2.45) is 0 Å². The smallest absolute Gasteiger partial charge is 0.173 e. The highest BCUT2D eigenvalue weighted by molar-refractivity contribution is 7.80. The van der Waals surface area contributed by atoms with E-state index in [4.69, 9.17) is 21.7 Å². The normalized spacial score (nSPS) is 13.5. The quantitative estimate of drug-likeness (QED) is 0.393. The minimum absolute atomic E-state index is 0.654. The van der Waals surface area contributed by atoms with Crippen molar-refractivity contribution >= 4 is 39.7 Å². The van der Waals surface area contributed by atoms with Crippen molar-refractivity contribution in [3.63, 3.8) is 0 Å². The lowest BCUT2D eigenvalue weighted by atomic mass is 10.1. The average molecular weight is 501 g/mol. The second-order valence-corrected chi connectivity index (χ2v) is 8.94. The second kappa shape index (κ2) is 10.7. The van der Waals surface area contributed by atoms with E-state index in [0.717, 1.165) is 60.1 Å². The van der Waals surface area contributed by atoms with Crippen LogP contribution in [-0.4, -0.2) is 65.4 Å². The molecule has 0 aliphatic carbocycles. The van der Waals surface area contributed by atoms with Gasteiger partial charge in [-0.1, -0.05) is 12.1 Å². The molecule has 1 aliphatic heterocycles. The molecule has 3 heterocycles. The van der Waals surface area contributed by atoms with Crippen LogP contribution in [0.3, 0.4) is 0 Å². The van der Waals surface area contributed by atoms with E-state index in [1.807, 2.05) is 36.7 Å². The molecule has 0 bridgehead atoms. The number of methoxy groups -OCH3 is 2. The number of nitrogens with one attached hydrogen (secondary N) is 1. The van der Waals surface area contributed by atoms with Crippen molar-refractivity contribution in [2.75, 3.05) is 50.6 Å². The summed E-state index contributed by atoms with van der Waals surface area (Å²) in [7, 11) is 3.26. The monoisotopic (exact) mass is 500 g/mol. The summed E-state index contributed by atoms with van der Waals surface area (Å²) in [6, 6.07) is 16.3. The Morgan fingerprint density at radius 2 is 1.56 bits per heavy atom. The van der Waals surface area contributed by atoms with Crippen molar-refractivity contribution in [3.8, 4) is 11.5 Å². The molecule has 4 aromatic rings. The van der Waals surface area contributed by atoms with Gasteiger partial charge in [0.2, 0.25) is 0 Å². The Balaban J connectivity index is 1.21. The Morgan fingerprint density at radius 3 is 2.25 bits per heavy atom. The SMILES string of the molecule is COc1cc2ncnc(N3CCN(C(=S)Nc4ccc(Cc5ccncc5)cc4)CC3)c2cc1OC. The third-order valence-corrected chi connectivity index (χ3v) is 6.71. The van der Waals surface area contributed by atoms with E-state index in [0.29, 0.717) is 11.5 Å². The Kier molecular flexibility index (Phi) is 7.08. The molecule has 0 saturated carbocycles. The number of benzene rings is 2. The number of fused-ring (bicyclic) bond motifs is 1. The lowest BCUT2D eigenvalue weighted by Crippen LogP contribution is -2.50. The van der Waals surface area contributed by atoms with Crippen LogP contribution in [0.25, 0.3) is 10.9 Å². The minimum Gasteiger partial charge on any atom is -0.493 e. The van der Waals surface area contributed by atoms with Crippen molar-refractivity contribution in [3.05, 3.63) is 78.4 Å². The van der Waals surface area contributed by atoms with Gasteiger partial charge in [-0.05, 0) is 60.1 Å². The molecule has 0 atom stereocenters. The molecule has 0 amide bonds. The molecule has 5 rings (SSSR count). The molecule has 1 fully saturated rings. The summed E-state index contributed by atoms with van der Waals surface area (Å²) in [6.07, 6.45) is 6.13. The highest BCUT2D eigenvalue weighted by Gasteiger charge is 2.22. The summed E-state index contributed by atoms with van der Waals surface area (Å²) >= 11 is 5.72. The lowest BCUT2D eigenvalue weighted by Gasteiger charge is -2.37. The first-order valence-corrected chi connectivity index (χ1v) is 12.2. The van der Waals surface area contributed by atoms with Gasteiger partial charge in [-0.3, -0.25) is 4.98 Å². The molecule has 0 unspecified atom stereocenters. The standard InChI is InChI=1S/C27H28N6O2S/c1-34-24-16-22-23(17-25(24)35-2)29-18-30-26(22)32-11-13-33(14-12-32)27(36)31-21-5-3-19(4-6-21)15-20-7-9-28-10-8-20/h3-10,16-18H,11-15H2,1-2H3,(H,31,36). The van der Waals surface area contributed by atoms with Crippen LogP contribution in [0.1, 0.15) is 11.1 Å². The van der Waals surface area contributed by atoms with Crippen LogP contribution in [0, 0.1) is 0 Å². The summed E-state index contributed by atoms with van der Waals surface area (Å²) in [4.78, 5) is 17.6. The molecule has 1 saturated heterocycles. The van der Waals surface area contributed by atoms with Gasteiger partial charge in [-0.2, -0.15) is 0 Å². The molecule has 1 N–H and O–H groups in total. The van der Waals surface area contributed by atoms with E-state index < -0.39 is 0 Å². The first-order chi connectivity index (χ1) is 17.6. The maximum absolute atomic E-state index is 5.72. The number of thiocarbonyl (C=S) groups is 1. The van der Waals surface area contributed by atoms with Gasteiger partial charge >= 0.3 is 0 Å². The summed E-state index contributed by atoms with van der Waals surface area (Å²) in [5.41, 5.74) is 4.30. The van der Waals surface area contributed by atoms with Gasteiger partial charge in [0.15, 0.2) is 16.6 Å². The minimum atomic E-state index is 0.654. The average Bonchev–Trinajstić information content (AvgIpc) is 2.93. The Morgan fingerprint density at radius 1 is 0.889 bits per heavy atom. The Labute approximate surface area is 215 Å². The highest BCUT2D eigenvalue weighted by Crippen LogP contribution is 2.35. The van der Waals surface area contributed by atoms with Crippen molar-refractivity contribution in [1.82, 2.24) is 19.9 Å². The van der Waals surface area contributed by atoms with Crippen LogP contribution in [0.4, 0.5) is 11.5 Å². The van der Waals surface area contributed by atoms with Crippen LogP contribution < -0.4 is 19.7 Å². The lowest BCUT2D eigenvalue weighted by molar-refractivity contribution is 0.355. The number of aromatic nitrogens is 3. The number of piperazine rings is 1. The fraction of sp³-hybridized carbons (Fsp3) is 0.259. The van der Waals surface area contributed by atoms with Gasteiger partial charge in [-0.15, -0.1) is 0 Å². The summed E-state index contributed by atoms with van der Waals surface area (Å²) < 4.78 is 10.9. The fourth-order valence-electron chi connectivity index (χ4n) is 4.39. The topological polar surface area (TPSA) is 75.6 Å². The molecule has 36 heavy (non-hydrogen) atoms. The third kappa shape index (κ3) is 5.16. The van der Waals surface area contributed by atoms with Gasteiger partial charge in [0.25, 0.3) is 0 Å². The summed E-state index contributed by atoms with van der Waals surface area (Å²) in [5.74, 6) is 2.21. The summed E-state index contributed by atoms with van der Waals surface area (Å²) in [6.45, 7) is 3.19. The zero-order valence-corrected chi connectivity index (χ0v) is 21.2. The zero-order chi connectivity index (χ0) is 24.9. The Bertz CT molecular complexity index is 1340. The van der Waals surface area contributed by atoms with E-state index in [2.05, 4.69) is 54.3 Å². The molecule has 0 radical (unpaired) electrons. The van der Waals surface area contributed by atoms with E-state index in [-0.39, 0.29) is 0 Å². The van der Waals surface area contributed by atoms with Crippen molar-refractivity contribution in [2.45, 2.75) is 6.42 Å². The van der Waals surface area contributed by atoms with Gasteiger partial charge in [-0.25, -0.2) is 9.97 Å². The predicted molar refractivity (Wildman–Crippen MR) is 146 cm³/mol. The number of pyridine rings is 1. The zero-order valence-electron chi connectivity index (χ0n) is 20.3. The van der Waals surface area contributed by atoms with Gasteiger partial charge in [0.05, 0.1) is 19.7 Å². The summed E-state index contributed by atoms with van der Waals surface area (Å²) in [5, 5.41) is 5.06. The largest absolute Gasteiger partial charge is 0.493 e. The van der Waals surface area contributed by atoms with Crippen LogP contribution in [0.2, 0.25) is 0 Å². The van der Waals surface area contributed by atoms with Crippen LogP contribution in [0.5, 0.6) is 11.5 Å². The molecular formula is C27H28N6O2S. The number of nitrogens with zero attached hydrogens (tertiary/aromatic N) is 5. The first-order valence-electron chi connectivity index (χ1n) is 11.8. The van der Waals surface area contributed by atoms with Gasteiger partial charge in [0, 0.05) is 55.7 Å². The molecule has 8 nitrogen and oxygen atoms in total. The van der Waals surface area contributed by atoms with E-state index in [9.17, 15) is 0 Å².